The van der Waals surface area contributed by atoms with Crippen molar-refractivity contribution in [2.24, 2.45) is 11.1 Å². The molecule has 2 aliphatic carbocycles. The third kappa shape index (κ3) is 2.05. The molecule has 1 aromatic rings. The van der Waals surface area contributed by atoms with Crippen molar-refractivity contribution in [1.82, 2.24) is 0 Å². The Morgan fingerprint density at radius 1 is 1.40 bits per heavy atom. The lowest BCUT2D eigenvalue weighted by Gasteiger charge is -2.51. The normalized spacial score (nSPS) is 27.3. The molecule has 2 unspecified atom stereocenters. The van der Waals surface area contributed by atoms with Crippen LogP contribution in [0.1, 0.15) is 32.1 Å². The number of nitrogens with zero attached hydrogens (tertiary/aromatic N) is 1. The zero-order valence-corrected chi connectivity index (χ0v) is 11.8. The second-order valence-corrected chi connectivity index (χ2v) is 6.19. The molecule has 0 aromatic heterocycles. The molecular weight excluding hydrogens is 280 g/mol. The summed E-state index contributed by atoms with van der Waals surface area (Å²) in [5.41, 5.74) is 6.12. The van der Waals surface area contributed by atoms with Crippen molar-refractivity contribution in [3.05, 3.63) is 33.3 Å². The van der Waals surface area contributed by atoms with Crippen molar-refractivity contribution >= 4 is 17.3 Å². The minimum atomic E-state index is -0.439. The Morgan fingerprint density at radius 2 is 2.10 bits per heavy atom. The lowest BCUT2D eigenvalue weighted by molar-refractivity contribution is -0.386. The maximum absolute atomic E-state index is 11.1. The number of benzene rings is 1. The summed E-state index contributed by atoms with van der Waals surface area (Å²) < 4.78 is 5.93. The molecule has 20 heavy (non-hydrogen) atoms. The predicted molar refractivity (Wildman–Crippen MR) is 76.0 cm³/mol. The highest BCUT2D eigenvalue weighted by molar-refractivity contribution is 6.30. The number of ether oxygens (including phenoxy) is 1. The molecule has 5 nitrogen and oxygen atoms in total. The minimum Gasteiger partial charge on any atom is -0.483 e. The van der Waals surface area contributed by atoms with Crippen LogP contribution in [0.25, 0.3) is 0 Å². The van der Waals surface area contributed by atoms with Gasteiger partial charge in [0.05, 0.1) is 4.92 Å². The Balaban J connectivity index is 1.85. The van der Waals surface area contributed by atoms with Crippen LogP contribution in [0, 0.1) is 15.5 Å². The fourth-order valence-electron chi connectivity index (χ4n) is 3.56. The van der Waals surface area contributed by atoms with E-state index < -0.39 is 4.92 Å². The fourth-order valence-corrected chi connectivity index (χ4v) is 3.72. The lowest BCUT2D eigenvalue weighted by Crippen LogP contribution is -2.62. The van der Waals surface area contributed by atoms with Gasteiger partial charge in [0, 0.05) is 35.0 Å². The van der Waals surface area contributed by atoms with Crippen LogP contribution in [0.5, 0.6) is 5.75 Å². The van der Waals surface area contributed by atoms with Crippen LogP contribution in [-0.4, -0.2) is 17.1 Å². The van der Waals surface area contributed by atoms with Crippen molar-refractivity contribution in [2.45, 2.75) is 44.2 Å². The highest BCUT2D eigenvalue weighted by Gasteiger charge is 2.56. The van der Waals surface area contributed by atoms with Crippen LogP contribution in [0.3, 0.4) is 0 Å². The van der Waals surface area contributed by atoms with Gasteiger partial charge in [-0.15, -0.1) is 0 Å². The second kappa shape index (κ2) is 4.90. The van der Waals surface area contributed by atoms with Crippen molar-refractivity contribution in [3.63, 3.8) is 0 Å². The van der Waals surface area contributed by atoms with Gasteiger partial charge in [-0.1, -0.05) is 24.4 Å². The fraction of sp³-hybridized carbons (Fsp3) is 0.571. The largest absolute Gasteiger partial charge is 0.483 e. The first-order chi connectivity index (χ1) is 9.53. The summed E-state index contributed by atoms with van der Waals surface area (Å²) in [6.07, 6.45) is 5.14. The van der Waals surface area contributed by atoms with Crippen LogP contribution < -0.4 is 10.5 Å². The van der Waals surface area contributed by atoms with Gasteiger partial charge in [-0.2, -0.15) is 0 Å². The van der Waals surface area contributed by atoms with Crippen LogP contribution in [0.2, 0.25) is 5.02 Å². The highest BCUT2D eigenvalue weighted by atomic mass is 35.5. The van der Waals surface area contributed by atoms with E-state index in [0.717, 1.165) is 32.1 Å². The van der Waals surface area contributed by atoms with Gasteiger partial charge in [-0.3, -0.25) is 10.1 Å². The number of hydrogen-bond donors (Lipinski definition) is 1. The van der Waals surface area contributed by atoms with Gasteiger partial charge in [0.2, 0.25) is 0 Å². The quantitative estimate of drug-likeness (QED) is 0.686. The molecule has 2 N–H and O–H groups in total. The molecule has 108 valence electrons. The maximum Gasteiger partial charge on any atom is 0.311 e. The van der Waals surface area contributed by atoms with E-state index >= 15 is 0 Å². The monoisotopic (exact) mass is 296 g/mol. The molecule has 2 aliphatic rings. The molecule has 1 aromatic carbocycles. The molecule has 0 heterocycles. The Kier molecular flexibility index (Phi) is 3.34. The molecule has 3 rings (SSSR count). The Hall–Kier alpha value is -1.33. The predicted octanol–water partition coefficient (Wildman–Crippen LogP) is 3.29. The molecule has 0 saturated heterocycles. The summed E-state index contributed by atoms with van der Waals surface area (Å²) in [6, 6.07) is 4.56. The number of rotatable bonds is 3. The van der Waals surface area contributed by atoms with Gasteiger partial charge in [0.25, 0.3) is 0 Å². The third-order valence-electron chi connectivity index (χ3n) is 4.77. The van der Waals surface area contributed by atoms with Crippen LogP contribution >= 0.6 is 11.6 Å². The summed E-state index contributed by atoms with van der Waals surface area (Å²) in [7, 11) is 0. The van der Waals surface area contributed by atoms with Gasteiger partial charge < -0.3 is 10.5 Å². The van der Waals surface area contributed by atoms with Gasteiger partial charge in [0.1, 0.15) is 6.10 Å². The molecule has 2 saturated carbocycles. The van der Waals surface area contributed by atoms with E-state index in [1.165, 1.54) is 18.2 Å². The Labute approximate surface area is 122 Å². The van der Waals surface area contributed by atoms with E-state index in [9.17, 15) is 10.1 Å². The third-order valence-corrected chi connectivity index (χ3v) is 5.01. The zero-order chi connectivity index (χ0) is 14.3. The van der Waals surface area contributed by atoms with Gasteiger partial charge >= 0.3 is 5.69 Å². The number of hydrogen-bond acceptors (Lipinski definition) is 4. The first-order valence-electron chi connectivity index (χ1n) is 6.89. The Morgan fingerprint density at radius 3 is 2.70 bits per heavy atom. The highest BCUT2D eigenvalue weighted by Crippen LogP contribution is 2.54. The van der Waals surface area contributed by atoms with Gasteiger partial charge in [-0.25, -0.2) is 0 Å². The zero-order valence-electron chi connectivity index (χ0n) is 11.0. The second-order valence-electron chi connectivity index (χ2n) is 5.76. The SMILES string of the molecule is NC1CC(Oc2cc(Cl)ccc2[N+](=O)[O-])C12CCCC2. The summed E-state index contributed by atoms with van der Waals surface area (Å²) in [5.74, 6) is 0.255. The van der Waals surface area contributed by atoms with E-state index in [0.29, 0.717) is 5.02 Å². The molecule has 2 fully saturated rings. The van der Waals surface area contributed by atoms with E-state index in [1.54, 1.807) is 0 Å². The van der Waals surface area contributed by atoms with E-state index in [2.05, 4.69) is 0 Å². The first kappa shape index (κ1) is 13.6. The molecule has 1 spiro atoms. The molecular formula is C14H17ClN2O3. The van der Waals surface area contributed by atoms with Crippen LogP contribution in [0.4, 0.5) is 5.69 Å². The molecule has 6 heteroatoms. The average molecular weight is 297 g/mol. The summed E-state index contributed by atoms with van der Waals surface area (Å²) in [5, 5.41) is 11.5. The number of nitro groups is 1. The maximum atomic E-state index is 11.1. The molecule has 0 amide bonds. The summed E-state index contributed by atoms with van der Waals surface area (Å²) in [6.45, 7) is 0. The summed E-state index contributed by atoms with van der Waals surface area (Å²) >= 11 is 5.92. The number of halogens is 1. The van der Waals surface area contributed by atoms with Gasteiger partial charge in [0.15, 0.2) is 5.75 Å². The van der Waals surface area contributed by atoms with Crippen molar-refractivity contribution in [3.8, 4) is 5.75 Å². The Bertz CT molecular complexity index is 543. The van der Waals surface area contributed by atoms with Crippen molar-refractivity contribution < 1.29 is 9.66 Å². The summed E-state index contributed by atoms with van der Waals surface area (Å²) in [4.78, 5) is 10.6. The smallest absolute Gasteiger partial charge is 0.311 e. The first-order valence-corrected chi connectivity index (χ1v) is 7.27. The topological polar surface area (TPSA) is 78.4 Å². The standard InChI is InChI=1S/C14H17ClN2O3/c15-9-3-4-10(17(18)19)11(7-9)20-13-8-12(16)14(13)5-1-2-6-14/h3-4,7,12-13H,1-2,5-6,8,16H2. The van der Waals surface area contributed by atoms with Gasteiger partial charge in [-0.05, 0) is 18.9 Å². The van der Waals surface area contributed by atoms with E-state index in [1.807, 2.05) is 0 Å². The molecule has 0 bridgehead atoms. The van der Waals surface area contributed by atoms with E-state index in [4.69, 9.17) is 22.1 Å². The minimum absolute atomic E-state index is 0.0101. The number of nitrogens with two attached hydrogens (primary N) is 1. The average Bonchev–Trinajstić information content (AvgIpc) is 2.90. The van der Waals surface area contributed by atoms with Crippen LogP contribution in [-0.2, 0) is 0 Å². The van der Waals surface area contributed by atoms with Crippen molar-refractivity contribution in [2.75, 3.05) is 0 Å². The lowest BCUT2D eigenvalue weighted by atomic mass is 9.61. The van der Waals surface area contributed by atoms with E-state index in [-0.39, 0.29) is 29.0 Å². The molecule has 0 aliphatic heterocycles. The molecule has 2 atom stereocenters. The number of nitro benzene ring substituents is 1. The van der Waals surface area contributed by atoms with Crippen LogP contribution in [0.15, 0.2) is 18.2 Å². The molecule has 0 radical (unpaired) electrons. The van der Waals surface area contributed by atoms with Crippen molar-refractivity contribution in [1.29, 1.82) is 0 Å².